The van der Waals surface area contributed by atoms with Crippen molar-refractivity contribution in [3.05, 3.63) is 47.5 Å². The van der Waals surface area contributed by atoms with E-state index in [0.29, 0.717) is 12.0 Å². The van der Waals surface area contributed by atoms with Gasteiger partial charge < -0.3 is 9.97 Å². The number of aryl methyl sites for hydroxylation is 1. The van der Waals surface area contributed by atoms with E-state index in [4.69, 9.17) is 11.6 Å². The van der Waals surface area contributed by atoms with E-state index < -0.39 is 21.7 Å². The van der Waals surface area contributed by atoms with Crippen molar-refractivity contribution in [1.29, 1.82) is 0 Å². The fraction of sp³-hybridized carbons (Fsp3) is 0.200. The van der Waals surface area contributed by atoms with Crippen molar-refractivity contribution in [2.75, 3.05) is 0 Å². The molecule has 18 heavy (non-hydrogen) atoms. The molecule has 0 saturated heterocycles. The number of fused-ring (bicyclic) bond motifs is 1. The van der Waals surface area contributed by atoms with Crippen molar-refractivity contribution < 1.29 is 4.92 Å². The molecule has 0 aliphatic rings. The van der Waals surface area contributed by atoms with E-state index in [1.165, 1.54) is 6.07 Å². The maximum atomic E-state index is 11.2. The summed E-state index contributed by atoms with van der Waals surface area (Å²) in [7, 11) is 0. The minimum atomic E-state index is -0.953. The number of nitrogens with one attached hydrogen (secondary N) is 2. The van der Waals surface area contributed by atoms with E-state index in [0.717, 1.165) is 0 Å². The maximum Gasteiger partial charge on any atom is 0.314 e. The molecule has 8 heteroatoms. The van der Waals surface area contributed by atoms with Gasteiger partial charge in [-0.25, -0.2) is 0 Å². The van der Waals surface area contributed by atoms with Crippen molar-refractivity contribution in [2.24, 2.45) is 0 Å². The van der Waals surface area contributed by atoms with E-state index in [-0.39, 0.29) is 16.1 Å². The number of aromatic amines is 2. The van der Waals surface area contributed by atoms with Crippen LogP contribution in [0.1, 0.15) is 12.5 Å². The average molecular weight is 270 g/mol. The predicted octanol–water partition coefficient (Wildman–Crippen LogP) is 1.34. The molecule has 2 N–H and O–H groups in total. The summed E-state index contributed by atoms with van der Waals surface area (Å²) in [5, 5.41) is 11.0. The van der Waals surface area contributed by atoms with Gasteiger partial charge >= 0.3 is 16.8 Å². The highest BCUT2D eigenvalue weighted by atomic mass is 35.5. The van der Waals surface area contributed by atoms with E-state index in [9.17, 15) is 19.7 Å². The van der Waals surface area contributed by atoms with Crippen LogP contribution in [0.5, 0.6) is 0 Å². The monoisotopic (exact) mass is 269 g/mol. The lowest BCUT2D eigenvalue weighted by Gasteiger charge is -2.05. The minimum Gasteiger partial charge on any atom is -0.316 e. The first-order chi connectivity index (χ1) is 8.45. The number of aromatic nitrogens is 2. The number of nitro benzene ring substituents is 1. The quantitative estimate of drug-likeness (QED) is 0.487. The number of benzene rings is 1. The zero-order valence-corrected chi connectivity index (χ0v) is 10.00. The van der Waals surface area contributed by atoms with Crippen LogP contribution in [0.2, 0.25) is 5.02 Å². The fourth-order valence-corrected chi connectivity index (χ4v) is 2.05. The van der Waals surface area contributed by atoms with Crippen LogP contribution in [-0.2, 0) is 6.42 Å². The Balaban J connectivity index is 3.05. The molecule has 94 valence electrons. The highest BCUT2D eigenvalue weighted by Gasteiger charge is 2.22. The van der Waals surface area contributed by atoms with Crippen molar-refractivity contribution in [2.45, 2.75) is 13.3 Å². The third kappa shape index (κ3) is 1.78. The number of rotatable bonds is 2. The summed E-state index contributed by atoms with van der Waals surface area (Å²) in [4.78, 5) is 37.2. The van der Waals surface area contributed by atoms with Gasteiger partial charge in [0.25, 0.3) is 0 Å². The Morgan fingerprint density at radius 2 is 1.94 bits per heavy atom. The number of hydrogen-bond acceptors (Lipinski definition) is 4. The highest BCUT2D eigenvalue weighted by Crippen LogP contribution is 2.33. The molecule has 0 fully saturated rings. The number of halogens is 1. The molecule has 0 amide bonds. The number of nitrogens with zero attached hydrogens (tertiary/aromatic N) is 1. The number of nitro groups is 1. The van der Waals surface area contributed by atoms with Gasteiger partial charge in [0.2, 0.25) is 0 Å². The van der Waals surface area contributed by atoms with Crippen molar-refractivity contribution in [1.82, 2.24) is 9.97 Å². The molecule has 7 nitrogen and oxygen atoms in total. The second kappa shape index (κ2) is 4.26. The van der Waals surface area contributed by atoms with Crippen LogP contribution in [0, 0.1) is 10.1 Å². The highest BCUT2D eigenvalue weighted by molar-refractivity contribution is 6.34. The van der Waals surface area contributed by atoms with Crippen LogP contribution >= 0.6 is 11.6 Å². The first kappa shape index (κ1) is 12.3. The molecule has 0 aliphatic heterocycles. The lowest BCUT2D eigenvalue weighted by atomic mass is 10.1. The second-order valence-corrected chi connectivity index (χ2v) is 4.02. The van der Waals surface area contributed by atoms with Crippen molar-refractivity contribution >= 4 is 28.3 Å². The Morgan fingerprint density at radius 1 is 1.33 bits per heavy atom. The third-order valence-corrected chi connectivity index (χ3v) is 2.99. The molecule has 0 atom stereocenters. The minimum absolute atomic E-state index is 0.0299. The van der Waals surface area contributed by atoms with Gasteiger partial charge in [-0.05, 0) is 18.1 Å². The van der Waals surface area contributed by atoms with Crippen LogP contribution in [0.3, 0.4) is 0 Å². The molecular weight excluding hydrogens is 262 g/mol. The number of hydrogen-bond donors (Lipinski definition) is 2. The summed E-state index contributed by atoms with van der Waals surface area (Å²) in [6, 6.07) is 1.52. The summed E-state index contributed by atoms with van der Waals surface area (Å²) < 4.78 is 0. The van der Waals surface area contributed by atoms with E-state index in [2.05, 4.69) is 9.97 Å². The standard InChI is InChI=1S/C10H8ClN3O4/c1-2-4-3-5-7(8(6(4)11)14(17)18)13-10(16)9(15)12-5/h3H,2H2,1H3,(H,12,15)(H,13,16). The van der Waals surface area contributed by atoms with Crippen LogP contribution in [0.15, 0.2) is 15.7 Å². The normalized spacial score (nSPS) is 10.8. The molecule has 1 aromatic carbocycles. The van der Waals surface area contributed by atoms with Gasteiger partial charge in [-0.3, -0.25) is 19.7 Å². The predicted molar refractivity (Wildman–Crippen MR) is 66.2 cm³/mol. The number of H-pyrrole nitrogens is 2. The van der Waals surface area contributed by atoms with Gasteiger partial charge in [-0.2, -0.15) is 0 Å². The molecule has 0 unspecified atom stereocenters. The first-order valence-electron chi connectivity index (χ1n) is 5.07. The van der Waals surface area contributed by atoms with E-state index in [1.54, 1.807) is 6.92 Å². The zero-order chi connectivity index (χ0) is 13.4. The molecule has 0 saturated carbocycles. The van der Waals surface area contributed by atoms with Gasteiger partial charge in [0.1, 0.15) is 10.5 Å². The topological polar surface area (TPSA) is 109 Å². The smallest absolute Gasteiger partial charge is 0.314 e. The summed E-state index contributed by atoms with van der Waals surface area (Å²) in [5.74, 6) is 0. The molecule has 0 radical (unpaired) electrons. The van der Waals surface area contributed by atoms with Gasteiger partial charge in [0, 0.05) is 0 Å². The molecule has 2 aromatic rings. The van der Waals surface area contributed by atoms with Gasteiger partial charge in [-0.15, -0.1) is 0 Å². The van der Waals surface area contributed by atoms with Crippen molar-refractivity contribution in [3.8, 4) is 0 Å². The Labute approximate surface area is 105 Å². The molecular formula is C10H8ClN3O4. The Kier molecular flexibility index (Phi) is 2.92. The summed E-state index contributed by atoms with van der Waals surface area (Å²) in [6.07, 6.45) is 0.469. The molecule has 2 rings (SSSR count). The first-order valence-corrected chi connectivity index (χ1v) is 5.45. The van der Waals surface area contributed by atoms with Crippen LogP contribution in [0.25, 0.3) is 11.0 Å². The summed E-state index contributed by atoms with van der Waals surface area (Å²) in [5.41, 5.74) is -1.58. The van der Waals surface area contributed by atoms with Crippen LogP contribution in [-0.4, -0.2) is 14.9 Å². The zero-order valence-electron chi connectivity index (χ0n) is 9.24. The average Bonchev–Trinajstić information content (AvgIpc) is 2.30. The maximum absolute atomic E-state index is 11.2. The lowest BCUT2D eigenvalue weighted by Crippen LogP contribution is -2.29. The van der Waals surface area contributed by atoms with Crippen molar-refractivity contribution in [3.63, 3.8) is 0 Å². The molecule has 0 bridgehead atoms. The molecule has 0 aliphatic carbocycles. The van der Waals surface area contributed by atoms with Crippen LogP contribution < -0.4 is 11.1 Å². The Bertz CT molecular complexity index is 762. The SMILES string of the molecule is CCc1cc2[nH]c(=O)c(=O)[nH]c2c([N+](=O)[O-])c1Cl. The second-order valence-electron chi connectivity index (χ2n) is 3.64. The third-order valence-electron chi connectivity index (χ3n) is 2.57. The van der Waals surface area contributed by atoms with E-state index >= 15 is 0 Å². The fourth-order valence-electron chi connectivity index (χ4n) is 1.70. The summed E-state index contributed by atoms with van der Waals surface area (Å²) in [6.45, 7) is 1.78. The van der Waals surface area contributed by atoms with Gasteiger partial charge in [0.15, 0.2) is 0 Å². The molecule has 1 aromatic heterocycles. The van der Waals surface area contributed by atoms with Gasteiger partial charge in [0.05, 0.1) is 10.4 Å². The van der Waals surface area contributed by atoms with E-state index in [1.807, 2.05) is 0 Å². The van der Waals surface area contributed by atoms with Gasteiger partial charge in [-0.1, -0.05) is 18.5 Å². The lowest BCUT2D eigenvalue weighted by molar-refractivity contribution is -0.383. The largest absolute Gasteiger partial charge is 0.316 e. The van der Waals surface area contributed by atoms with Crippen LogP contribution in [0.4, 0.5) is 5.69 Å². The summed E-state index contributed by atoms with van der Waals surface area (Å²) >= 11 is 5.92. The Hall–Kier alpha value is -2.15. The molecule has 1 heterocycles. The Morgan fingerprint density at radius 3 is 2.50 bits per heavy atom. The molecule has 0 spiro atoms.